The number of carbonyl (C=O) groups is 1. The Morgan fingerprint density at radius 2 is 1.78 bits per heavy atom. The van der Waals surface area contributed by atoms with Gasteiger partial charge in [-0.15, -0.1) is 0 Å². The Kier molecular flexibility index (Phi) is 7.96. The molecule has 4 heteroatoms. The van der Waals surface area contributed by atoms with Gasteiger partial charge in [0, 0.05) is 12.2 Å². The Morgan fingerprint density at radius 1 is 1.05 bits per heavy atom. The first-order valence-electron chi connectivity index (χ1n) is 14.7. The van der Waals surface area contributed by atoms with Gasteiger partial charge in [0.15, 0.2) is 8.32 Å². The lowest BCUT2D eigenvalue weighted by Gasteiger charge is -2.55. The van der Waals surface area contributed by atoms with Crippen LogP contribution in [-0.4, -0.2) is 27.5 Å². The molecule has 0 N–H and O–H groups in total. The number of methoxy groups -OCH3 is 1. The van der Waals surface area contributed by atoms with Crippen LogP contribution in [0.5, 0.6) is 0 Å². The highest BCUT2D eigenvalue weighted by Crippen LogP contribution is 2.66. The molecule has 3 saturated carbocycles. The molecule has 4 rings (SSSR count). The summed E-state index contributed by atoms with van der Waals surface area (Å²) in [6.07, 6.45) is 21.9. The fourth-order valence-corrected chi connectivity index (χ4v) is 9.53. The molecule has 1 unspecified atom stereocenters. The van der Waals surface area contributed by atoms with Crippen molar-refractivity contribution in [2.75, 3.05) is 7.11 Å². The van der Waals surface area contributed by atoms with Crippen molar-refractivity contribution in [3.8, 4) is 0 Å². The first-order chi connectivity index (χ1) is 17.2. The monoisotopic (exact) mass is 524 g/mol. The molecule has 4 aliphatic carbocycles. The Morgan fingerprint density at radius 3 is 2.46 bits per heavy atom. The summed E-state index contributed by atoms with van der Waals surface area (Å²) in [7, 11) is -0.330. The third-order valence-corrected chi connectivity index (χ3v) is 16.0. The molecule has 0 heterocycles. The molecule has 37 heavy (non-hydrogen) atoms. The highest BCUT2D eigenvalue weighted by molar-refractivity contribution is 6.74. The van der Waals surface area contributed by atoms with Crippen molar-refractivity contribution in [2.45, 2.75) is 111 Å². The molecule has 0 bridgehead atoms. The van der Waals surface area contributed by atoms with Crippen LogP contribution in [0, 0.1) is 34.5 Å². The molecule has 206 valence electrons. The van der Waals surface area contributed by atoms with E-state index < -0.39 is 8.32 Å². The Hall–Kier alpha value is -1.39. The molecule has 7 atom stereocenters. The molecule has 4 aliphatic rings. The number of ether oxygens (including phenoxy) is 1. The average molecular weight is 525 g/mol. The number of carbonyl (C=O) groups excluding carboxylic acids is 1. The topological polar surface area (TPSA) is 35.5 Å². The molecule has 0 aromatic rings. The summed E-state index contributed by atoms with van der Waals surface area (Å²) in [5.74, 6) is 2.30. The van der Waals surface area contributed by atoms with Crippen LogP contribution in [0.2, 0.25) is 18.1 Å². The number of fused-ring (bicyclic) bond motifs is 5. The summed E-state index contributed by atoms with van der Waals surface area (Å²) >= 11 is 0. The van der Waals surface area contributed by atoms with Crippen LogP contribution in [0.15, 0.2) is 47.6 Å². The quantitative estimate of drug-likeness (QED) is 0.151. The molecule has 0 amide bonds. The van der Waals surface area contributed by atoms with E-state index in [1.54, 1.807) is 11.1 Å². The van der Waals surface area contributed by atoms with Crippen molar-refractivity contribution in [3.05, 3.63) is 47.6 Å². The van der Waals surface area contributed by atoms with Gasteiger partial charge in [0.05, 0.1) is 7.11 Å². The van der Waals surface area contributed by atoms with E-state index >= 15 is 0 Å². The number of esters is 1. The van der Waals surface area contributed by atoms with Gasteiger partial charge in [-0.1, -0.05) is 83.1 Å². The first kappa shape index (κ1) is 28.6. The predicted molar refractivity (Wildman–Crippen MR) is 157 cm³/mol. The normalized spacial score (nSPS) is 37.0. The molecule has 0 saturated heterocycles. The van der Waals surface area contributed by atoms with Crippen LogP contribution >= 0.6 is 0 Å². The lowest BCUT2D eigenvalue weighted by Crippen LogP contribution is -2.49. The van der Waals surface area contributed by atoms with Gasteiger partial charge in [0.2, 0.25) is 0 Å². The van der Waals surface area contributed by atoms with Crippen molar-refractivity contribution in [2.24, 2.45) is 34.5 Å². The van der Waals surface area contributed by atoms with E-state index in [0.29, 0.717) is 40.6 Å². The second kappa shape index (κ2) is 10.3. The standard InChI is InChI=1S/C33H52O3Si/c1-23(12-10-11-13-30(34)35-7)27-16-17-28-26-15-14-24-22-25(36-37(8,9)31(2,3)4)18-20-32(24,5)29(26)19-21-33(27,28)6/h10-15,23,25,27-29H,16-22H2,1-9H3/b12-10+,13-11+/t23-,25?,27+,28-,29-,32-,33+/m0/s1. The summed E-state index contributed by atoms with van der Waals surface area (Å²) in [5.41, 5.74) is 4.08. The van der Waals surface area contributed by atoms with Gasteiger partial charge in [-0.2, -0.15) is 0 Å². The van der Waals surface area contributed by atoms with Crippen LogP contribution in [0.3, 0.4) is 0 Å². The van der Waals surface area contributed by atoms with Crippen LogP contribution in [0.25, 0.3) is 0 Å². The summed E-state index contributed by atoms with van der Waals surface area (Å²) in [6, 6.07) is 0. The van der Waals surface area contributed by atoms with Crippen LogP contribution in [-0.2, 0) is 14.0 Å². The minimum atomic E-state index is -1.75. The van der Waals surface area contributed by atoms with E-state index in [9.17, 15) is 4.79 Å². The van der Waals surface area contributed by atoms with Crippen molar-refractivity contribution in [1.82, 2.24) is 0 Å². The number of hydrogen-bond donors (Lipinski definition) is 0. The fourth-order valence-electron chi connectivity index (χ4n) is 8.14. The molecular weight excluding hydrogens is 472 g/mol. The van der Waals surface area contributed by atoms with E-state index in [2.05, 4.69) is 72.9 Å². The average Bonchev–Trinajstić information content (AvgIpc) is 3.18. The zero-order chi connectivity index (χ0) is 27.2. The van der Waals surface area contributed by atoms with Gasteiger partial charge in [0.25, 0.3) is 0 Å². The maximum atomic E-state index is 11.4. The maximum absolute atomic E-state index is 11.4. The third kappa shape index (κ3) is 5.26. The van der Waals surface area contributed by atoms with Gasteiger partial charge in [-0.3, -0.25) is 0 Å². The highest BCUT2D eigenvalue weighted by atomic mass is 28.4. The molecule has 0 aromatic heterocycles. The molecule has 3 nitrogen and oxygen atoms in total. The van der Waals surface area contributed by atoms with Crippen molar-refractivity contribution >= 4 is 14.3 Å². The molecule has 0 aliphatic heterocycles. The summed E-state index contributed by atoms with van der Waals surface area (Å²) in [6.45, 7) is 19.4. The Bertz CT molecular complexity index is 996. The minimum absolute atomic E-state index is 0.262. The van der Waals surface area contributed by atoms with Crippen LogP contribution in [0.4, 0.5) is 0 Å². The zero-order valence-electron chi connectivity index (χ0n) is 25.0. The summed E-state index contributed by atoms with van der Waals surface area (Å²) in [4.78, 5) is 11.4. The Balaban J connectivity index is 1.50. The second-order valence-corrected chi connectivity index (χ2v) is 19.2. The molecule has 0 spiro atoms. The first-order valence-corrected chi connectivity index (χ1v) is 17.7. The van der Waals surface area contributed by atoms with E-state index in [1.807, 2.05) is 12.2 Å². The zero-order valence-corrected chi connectivity index (χ0v) is 26.0. The third-order valence-electron chi connectivity index (χ3n) is 11.5. The summed E-state index contributed by atoms with van der Waals surface area (Å²) < 4.78 is 11.6. The smallest absolute Gasteiger partial charge is 0.330 e. The number of hydrogen-bond acceptors (Lipinski definition) is 3. The lowest BCUT2D eigenvalue weighted by molar-refractivity contribution is -0.134. The molecule has 0 aromatic carbocycles. The van der Waals surface area contributed by atoms with Crippen molar-refractivity contribution in [1.29, 1.82) is 0 Å². The fraction of sp³-hybridized carbons (Fsp3) is 0.727. The maximum Gasteiger partial charge on any atom is 0.330 e. The lowest BCUT2D eigenvalue weighted by atomic mass is 9.50. The van der Waals surface area contributed by atoms with Gasteiger partial charge < -0.3 is 9.16 Å². The predicted octanol–water partition coefficient (Wildman–Crippen LogP) is 8.80. The number of rotatable bonds is 6. The highest BCUT2D eigenvalue weighted by Gasteiger charge is 2.57. The van der Waals surface area contributed by atoms with E-state index in [1.165, 1.54) is 51.7 Å². The number of allylic oxidation sites excluding steroid dienone is 6. The minimum Gasteiger partial charge on any atom is -0.466 e. The summed E-state index contributed by atoms with van der Waals surface area (Å²) in [5, 5.41) is 0.262. The van der Waals surface area contributed by atoms with E-state index in [-0.39, 0.29) is 11.0 Å². The van der Waals surface area contributed by atoms with Gasteiger partial charge in [-0.05, 0) is 97.6 Å². The van der Waals surface area contributed by atoms with Gasteiger partial charge in [-0.25, -0.2) is 4.79 Å². The largest absolute Gasteiger partial charge is 0.466 e. The van der Waals surface area contributed by atoms with Crippen LogP contribution < -0.4 is 0 Å². The van der Waals surface area contributed by atoms with Gasteiger partial charge in [0.1, 0.15) is 0 Å². The SMILES string of the molecule is COC(=O)/C=C/C=C/[C@H](C)[C@H]1CC[C@H]2C3=CC=C4CC(O[Si](C)(C)C(C)(C)C)CC[C@]4(C)[C@H]3CC[C@]12C. The van der Waals surface area contributed by atoms with Crippen molar-refractivity contribution < 1.29 is 14.0 Å². The molecule has 3 fully saturated rings. The van der Waals surface area contributed by atoms with E-state index in [0.717, 1.165) is 6.42 Å². The molecule has 0 radical (unpaired) electrons. The Labute approximate surface area is 228 Å². The van der Waals surface area contributed by atoms with E-state index in [4.69, 9.17) is 9.16 Å². The van der Waals surface area contributed by atoms with Gasteiger partial charge >= 0.3 is 5.97 Å². The van der Waals surface area contributed by atoms with Crippen molar-refractivity contribution in [3.63, 3.8) is 0 Å². The second-order valence-electron chi connectivity index (χ2n) is 14.5. The van der Waals surface area contributed by atoms with Crippen LogP contribution in [0.1, 0.15) is 86.5 Å². The molecular formula is C33H52O3Si.